The summed E-state index contributed by atoms with van der Waals surface area (Å²) in [6, 6.07) is 9.65. The maximum absolute atomic E-state index is 13.7. The summed E-state index contributed by atoms with van der Waals surface area (Å²) in [6.45, 7) is 3.57. The van der Waals surface area contributed by atoms with Gasteiger partial charge in [0, 0.05) is 23.7 Å². The van der Waals surface area contributed by atoms with Gasteiger partial charge in [0.15, 0.2) is 4.33 Å². The number of hydrogen-bond acceptors (Lipinski definition) is 5. The van der Waals surface area contributed by atoms with Crippen LogP contribution < -0.4 is 14.5 Å². The van der Waals surface area contributed by atoms with Crippen LogP contribution in [-0.4, -0.2) is 44.3 Å². The summed E-state index contributed by atoms with van der Waals surface area (Å²) in [5.74, 6) is -5.27. The molecule has 2 saturated heterocycles. The molecule has 2 aromatic rings. The summed E-state index contributed by atoms with van der Waals surface area (Å²) in [4.78, 5) is 51.7. The average Bonchev–Trinajstić information content (AvgIpc) is 3.51. The Morgan fingerprint density at radius 2 is 1.48 bits per heavy atom. The second kappa shape index (κ2) is 9.90. The summed E-state index contributed by atoms with van der Waals surface area (Å²) in [6.07, 6.45) is -0.0243. The predicted octanol–water partition coefficient (Wildman–Crippen LogP) is 6.87. The van der Waals surface area contributed by atoms with Gasteiger partial charge in [-0.3, -0.25) is 19.2 Å². The number of fused-ring (bicyclic) bond motifs is 5. The minimum atomic E-state index is -2.03. The normalized spacial score (nSPS) is 31.5. The molecule has 2 aliphatic carbocycles. The maximum atomic E-state index is 13.7. The molecule has 2 heterocycles. The highest BCUT2D eigenvalue weighted by Crippen LogP contribution is 2.77. The average molecular weight is 712 g/mol. The Labute approximate surface area is 275 Å². The topological polar surface area (TPSA) is 84.0 Å². The summed E-state index contributed by atoms with van der Waals surface area (Å²) in [5, 5.41) is 0.162. The number of alkyl halides is 4. The number of aryl methyl sites for hydroxylation is 1. The van der Waals surface area contributed by atoms with Crippen LogP contribution in [0.2, 0.25) is 5.02 Å². The van der Waals surface area contributed by atoms with Crippen molar-refractivity contribution in [2.45, 2.75) is 34.3 Å². The fourth-order valence-corrected chi connectivity index (χ4v) is 9.46. The van der Waals surface area contributed by atoms with E-state index in [2.05, 4.69) is 0 Å². The zero-order valence-corrected chi connectivity index (χ0v) is 27.0. The van der Waals surface area contributed by atoms with Crippen LogP contribution in [0.5, 0.6) is 5.75 Å². The first-order valence-electron chi connectivity index (χ1n) is 12.7. The smallest absolute Gasteiger partial charge is 0.316 e. The first-order chi connectivity index (χ1) is 19.6. The van der Waals surface area contributed by atoms with E-state index >= 15 is 0 Å². The van der Waals surface area contributed by atoms with Crippen LogP contribution in [0, 0.1) is 31.6 Å². The molecule has 3 amide bonds. The van der Waals surface area contributed by atoms with Gasteiger partial charge in [-0.25, -0.2) is 4.90 Å². The fraction of sp³-hybridized carbons (Fsp3) is 0.357. The molecule has 0 unspecified atom stereocenters. The lowest BCUT2D eigenvalue weighted by molar-refractivity contribution is -0.139. The van der Waals surface area contributed by atoms with Gasteiger partial charge in [-0.1, -0.05) is 64.1 Å². The van der Waals surface area contributed by atoms with Gasteiger partial charge in [0.25, 0.3) is 0 Å². The molecule has 0 aromatic heterocycles. The van der Waals surface area contributed by atoms with Crippen molar-refractivity contribution in [3.05, 3.63) is 62.6 Å². The summed E-state index contributed by atoms with van der Waals surface area (Å²) >= 11 is 45.6. The van der Waals surface area contributed by atoms with Gasteiger partial charge in [0.2, 0.25) is 17.7 Å². The number of carbonyl (C=O) groups is 4. The van der Waals surface area contributed by atoms with Crippen molar-refractivity contribution >= 4 is 116 Å². The molecule has 0 spiro atoms. The molecule has 0 N–H and O–H groups in total. The number of rotatable bonds is 4. The molecule has 6 rings (SSSR count). The number of carbonyl (C=O) groups excluding carboxylic acids is 4. The monoisotopic (exact) mass is 708 g/mol. The van der Waals surface area contributed by atoms with E-state index < -0.39 is 49.6 Å². The minimum absolute atomic E-state index is 0.0243. The quantitative estimate of drug-likeness (QED) is 0.150. The lowest BCUT2D eigenvalue weighted by Crippen LogP contribution is -2.50. The summed E-state index contributed by atoms with van der Waals surface area (Å²) in [7, 11) is 0. The first-order valence-corrected chi connectivity index (χ1v) is 15.3. The molecule has 2 aliphatic heterocycles. The Hall–Kier alpha value is -1.71. The summed E-state index contributed by atoms with van der Waals surface area (Å²) in [5.41, 5.74) is 2.03. The zero-order chi connectivity index (χ0) is 30.7. The number of imide groups is 1. The molecule has 5 atom stereocenters. The lowest BCUT2D eigenvalue weighted by atomic mass is 9.84. The van der Waals surface area contributed by atoms with Crippen LogP contribution in [0.1, 0.15) is 17.5 Å². The number of anilines is 2. The Balaban J connectivity index is 1.22. The number of esters is 1. The molecule has 0 radical (unpaired) electrons. The molecule has 2 bridgehead atoms. The van der Waals surface area contributed by atoms with E-state index in [4.69, 9.17) is 85.9 Å². The zero-order valence-electron chi connectivity index (χ0n) is 21.7. The van der Waals surface area contributed by atoms with Crippen molar-refractivity contribution in [3.8, 4) is 5.75 Å². The Morgan fingerprint density at radius 1 is 0.881 bits per heavy atom. The Morgan fingerprint density at radius 3 is 2.05 bits per heavy atom. The number of benzene rings is 2. The maximum Gasteiger partial charge on any atom is 0.316 e. The SMILES string of the molecule is Cc1cc(OC(=O)[C@H]2CC(=O)N(c3cccc(Cl)c3C)C2)ccc1N1C(=O)[C@@H]2[C@H](C1=O)[C@@]1(Cl)C(Cl)=C(Cl)[C@@]2(Cl)C1(Cl)Cl. The number of hydrogen-bond donors (Lipinski definition) is 0. The number of halogens is 7. The van der Waals surface area contributed by atoms with Crippen molar-refractivity contribution in [1.29, 1.82) is 0 Å². The molecule has 3 fully saturated rings. The molecule has 7 nitrogen and oxygen atoms in total. The van der Waals surface area contributed by atoms with E-state index in [0.29, 0.717) is 16.3 Å². The second-order valence-electron chi connectivity index (χ2n) is 10.8. The van der Waals surface area contributed by atoms with Crippen molar-refractivity contribution in [2.24, 2.45) is 17.8 Å². The predicted molar refractivity (Wildman–Crippen MR) is 163 cm³/mol. The van der Waals surface area contributed by atoms with Gasteiger partial charge in [0.05, 0.1) is 33.5 Å². The van der Waals surface area contributed by atoms with Gasteiger partial charge in [-0.05, 0) is 55.3 Å². The van der Waals surface area contributed by atoms with E-state index in [1.165, 1.54) is 23.1 Å². The van der Waals surface area contributed by atoms with Crippen LogP contribution in [0.3, 0.4) is 0 Å². The van der Waals surface area contributed by atoms with Crippen LogP contribution in [0.15, 0.2) is 46.5 Å². The van der Waals surface area contributed by atoms with E-state index in [9.17, 15) is 19.2 Å². The molecule has 1 saturated carbocycles. The third-order valence-electron chi connectivity index (χ3n) is 8.52. The first kappa shape index (κ1) is 30.3. The van der Waals surface area contributed by atoms with Gasteiger partial charge < -0.3 is 9.64 Å². The second-order valence-corrected chi connectivity index (χ2v) is 14.4. The highest BCUT2D eigenvalue weighted by atomic mass is 35.5. The van der Waals surface area contributed by atoms with Gasteiger partial charge in [0.1, 0.15) is 15.5 Å². The lowest BCUT2D eigenvalue weighted by Gasteiger charge is -2.34. The Bertz CT molecular complexity index is 1610. The highest BCUT2D eigenvalue weighted by Gasteiger charge is 2.87. The van der Waals surface area contributed by atoms with Crippen LogP contribution >= 0.6 is 81.2 Å². The standard InChI is InChI=1S/C28H19Cl7N2O5/c1-11-8-14(42-25(41)13-9-18(38)36(10-13)17-5-3-4-15(29)12(17)2)6-7-16(11)37-23(39)19-20(24(37)40)27(33)22(31)21(30)26(19,32)28(27,34)35/h3-8,13,19-20H,9-10H2,1-2H3/t13-,19-,20+,26+,27+/m0/s1. The molecular weight excluding hydrogens is 692 g/mol. The molecule has 42 heavy (non-hydrogen) atoms. The minimum Gasteiger partial charge on any atom is -0.426 e. The largest absolute Gasteiger partial charge is 0.426 e. The van der Waals surface area contributed by atoms with Crippen LogP contribution in [-0.2, 0) is 19.2 Å². The molecular formula is C28H19Cl7N2O5. The van der Waals surface area contributed by atoms with Crippen molar-refractivity contribution < 1.29 is 23.9 Å². The van der Waals surface area contributed by atoms with Crippen molar-refractivity contribution in [3.63, 3.8) is 0 Å². The third kappa shape index (κ3) is 3.74. The number of ether oxygens (including phenoxy) is 1. The van der Waals surface area contributed by atoms with Gasteiger partial charge >= 0.3 is 5.97 Å². The number of nitrogens with zero attached hydrogens (tertiary/aromatic N) is 2. The van der Waals surface area contributed by atoms with E-state index in [-0.39, 0.29) is 40.4 Å². The molecule has 14 heteroatoms. The highest BCUT2D eigenvalue weighted by molar-refractivity contribution is 6.67. The van der Waals surface area contributed by atoms with E-state index in [1.54, 1.807) is 32.0 Å². The third-order valence-corrected chi connectivity index (χ3v) is 13.2. The number of amides is 3. The number of allylic oxidation sites excluding steroid dienone is 2. The van der Waals surface area contributed by atoms with E-state index in [0.717, 1.165) is 10.5 Å². The molecule has 2 aromatic carbocycles. The Kier molecular flexibility index (Phi) is 7.15. The van der Waals surface area contributed by atoms with Crippen molar-refractivity contribution in [1.82, 2.24) is 0 Å². The van der Waals surface area contributed by atoms with Gasteiger partial charge in [-0.15, -0.1) is 23.2 Å². The molecule has 220 valence electrons. The molecule has 4 aliphatic rings. The van der Waals surface area contributed by atoms with E-state index in [1.807, 2.05) is 0 Å². The van der Waals surface area contributed by atoms with Crippen molar-refractivity contribution in [2.75, 3.05) is 16.3 Å². The summed E-state index contributed by atoms with van der Waals surface area (Å²) < 4.78 is 3.56. The van der Waals surface area contributed by atoms with Crippen LogP contribution in [0.25, 0.3) is 0 Å². The van der Waals surface area contributed by atoms with Crippen LogP contribution in [0.4, 0.5) is 11.4 Å². The van der Waals surface area contributed by atoms with Gasteiger partial charge in [-0.2, -0.15) is 0 Å². The fourth-order valence-electron chi connectivity index (χ4n) is 6.36.